The van der Waals surface area contributed by atoms with Gasteiger partial charge in [0.25, 0.3) is 0 Å². The smallest absolute Gasteiger partial charge is 0.173 e. The standard InChI is InChI=1S/C15H18NO/c1-12-8-9-16(10-13(12)2)11-14-4-6-15(17-3)7-5-14/h4-10H,11H2,1-3H3/q+1. The normalized spacial score (nSPS) is 10.3. The molecule has 0 aliphatic carbocycles. The highest BCUT2D eigenvalue weighted by Crippen LogP contribution is 2.11. The maximum Gasteiger partial charge on any atom is 0.173 e. The van der Waals surface area contributed by atoms with Crippen LogP contribution in [0.4, 0.5) is 0 Å². The van der Waals surface area contributed by atoms with Crippen molar-refractivity contribution in [3.63, 3.8) is 0 Å². The van der Waals surface area contributed by atoms with Crippen LogP contribution in [0.1, 0.15) is 16.7 Å². The zero-order chi connectivity index (χ0) is 12.3. The van der Waals surface area contributed by atoms with E-state index in [-0.39, 0.29) is 0 Å². The van der Waals surface area contributed by atoms with Crippen LogP contribution in [0.15, 0.2) is 42.7 Å². The minimum absolute atomic E-state index is 0.894. The summed E-state index contributed by atoms with van der Waals surface area (Å²) in [4.78, 5) is 0. The van der Waals surface area contributed by atoms with Crippen LogP contribution >= 0.6 is 0 Å². The molecule has 0 spiro atoms. The predicted octanol–water partition coefficient (Wildman–Crippen LogP) is 2.65. The first kappa shape index (κ1) is 11.6. The largest absolute Gasteiger partial charge is 0.497 e. The van der Waals surface area contributed by atoms with Gasteiger partial charge >= 0.3 is 0 Å². The van der Waals surface area contributed by atoms with E-state index in [1.54, 1.807) is 7.11 Å². The molecule has 0 amide bonds. The molecule has 0 bridgehead atoms. The minimum Gasteiger partial charge on any atom is -0.497 e. The van der Waals surface area contributed by atoms with E-state index in [1.165, 1.54) is 16.7 Å². The van der Waals surface area contributed by atoms with Crippen LogP contribution < -0.4 is 9.30 Å². The second-order valence-electron chi connectivity index (χ2n) is 4.33. The molecule has 1 heterocycles. The molecule has 0 radical (unpaired) electrons. The molecular formula is C15H18NO+. The second-order valence-corrected chi connectivity index (χ2v) is 4.33. The Labute approximate surface area is 102 Å². The number of methoxy groups -OCH3 is 1. The number of aromatic nitrogens is 1. The lowest BCUT2D eigenvalue weighted by molar-refractivity contribution is -0.688. The molecule has 0 aliphatic heterocycles. The Morgan fingerprint density at radius 1 is 1.00 bits per heavy atom. The summed E-state index contributed by atoms with van der Waals surface area (Å²) in [6, 6.07) is 10.3. The van der Waals surface area contributed by atoms with Crippen molar-refractivity contribution in [1.82, 2.24) is 0 Å². The zero-order valence-corrected chi connectivity index (χ0v) is 10.6. The fourth-order valence-electron chi connectivity index (χ4n) is 1.77. The van der Waals surface area contributed by atoms with Gasteiger partial charge in [-0.3, -0.25) is 0 Å². The number of aryl methyl sites for hydroxylation is 2. The fraction of sp³-hybridized carbons (Fsp3) is 0.267. The summed E-state index contributed by atoms with van der Waals surface area (Å²) in [5.74, 6) is 0.902. The molecule has 1 aromatic heterocycles. The summed E-state index contributed by atoms with van der Waals surface area (Å²) in [5, 5.41) is 0. The van der Waals surface area contributed by atoms with Crippen LogP contribution in [0.2, 0.25) is 0 Å². The summed E-state index contributed by atoms with van der Waals surface area (Å²) >= 11 is 0. The SMILES string of the molecule is COc1ccc(C[n+]2ccc(C)c(C)c2)cc1. The molecule has 0 fully saturated rings. The molecule has 2 aromatic rings. The Hall–Kier alpha value is -1.83. The van der Waals surface area contributed by atoms with Gasteiger partial charge in [0.1, 0.15) is 5.75 Å². The maximum absolute atomic E-state index is 5.15. The van der Waals surface area contributed by atoms with E-state index in [0.717, 1.165) is 12.3 Å². The van der Waals surface area contributed by atoms with Crippen molar-refractivity contribution in [3.05, 3.63) is 59.4 Å². The van der Waals surface area contributed by atoms with E-state index >= 15 is 0 Å². The molecule has 0 unspecified atom stereocenters. The molecule has 0 saturated carbocycles. The van der Waals surface area contributed by atoms with Crippen molar-refractivity contribution in [1.29, 1.82) is 0 Å². The molecule has 17 heavy (non-hydrogen) atoms. The number of hydrogen-bond acceptors (Lipinski definition) is 1. The molecule has 1 aromatic carbocycles. The Kier molecular flexibility index (Phi) is 3.43. The first-order chi connectivity index (χ1) is 8.19. The van der Waals surface area contributed by atoms with Gasteiger partial charge in [0, 0.05) is 17.2 Å². The Balaban J connectivity index is 2.16. The van der Waals surface area contributed by atoms with E-state index in [4.69, 9.17) is 4.74 Å². The van der Waals surface area contributed by atoms with Gasteiger partial charge in [0.15, 0.2) is 18.9 Å². The molecule has 88 valence electrons. The molecule has 2 heteroatoms. The van der Waals surface area contributed by atoms with Gasteiger partial charge in [0.05, 0.1) is 7.11 Å². The second kappa shape index (κ2) is 5.00. The third kappa shape index (κ3) is 2.84. The van der Waals surface area contributed by atoms with Gasteiger partial charge in [-0.05, 0) is 43.7 Å². The Morgan fingerprint density at radius 2 is 1.71 bits per heavy atom. The average Bonchev–Trinajstić information content (AvgIpc) is 2.35. The first-order valence-corrected chi connectivity index (χ1v) is 5.78. The van der Waals surface area contributed by atoms with E-state index in [2.05, 4.69) is 49.0 Å². The lowest BCUT2D eigenvalue weighted by atomic mass is 10.1. The van der Waals surface area contributed by atoms with Crippen molar-refractivity contribution in [2.75, 3.05) is 7.11 Å². The summed E-state index contributed by atoms with van der Waals surface area (Å²) in [6.45, 7) is 5.16. The van der Waals surface area contributed by atoms with Crippen LogP contribution in [0.25, 0.3) is 0 Å². The van der Waals surface area contributed by atoms with E-state index < -0.39 is 0 Å². The number of hydrogen-bond donors (Lipinski definition) is 0. The lowest BCUT2D eigenvalue weighted by Crippen LogP contribution is -2.33. The van der Waals surface area contributed by atoms with Gasteiger partial charge < -0.3 is 4.74 Å². The fourth-order valence-corrected chi connectivity index (χ4v) is 1.77. The monoisotopic (exact) mass is 228 g/mol. The third-order valence-electron chi connectivity index (χ3n) is 3.02. The molecule has 0 aliphatic rings. The molecule has 2 rings (SSSR count). The van der Waals surface area contributed by atoms with Gasteiger partial charge in [0.2, 0.25) is 0 Å². The summed E-state index contributed by atoms with van der Waals surface area (Å²) in [6.07, 6.45) is 4.30. The van der Waals surface area contributed by atoms with Gasteiger partial charge in [-0.2, -0.15) is 0 Å². The van der Waals surface area contributed by atoms with Crippen molar-refractivity contribution in [3.8, 4) is 5.75 Å². The number of nitrogens with zero attached hydrogens (tertiary/aromatic N) is 1. The van der Waals surface area contributed by atoms with Crippen LogP contribution in [0, 0.1) is 13.8 Å². The maximum atomic E-state index is 5.15. The van der Waals surface area contributed by atoms with Gasteiger partial charge in [-0.25, -0.2) is 4.57 Å². The quantitative estimate of drug-likeness (QED) is 0.736. The van der Waals surface area contributed by atoms with Gasteiger partial charge in [-0.15, -0.1) is 0 Å². The highest BCUT2D eigenvalue weighted by Gasteiger charge is 2.04. The van der Waals surface area contributed by atoms with Crippen LogP contribution in [0.5, 0.6) is 5.75 Å². The van der Waals surface area contributed by atoms with Crippen molar-refractivity contribution in [2.45, 2.75) is 20.4 Å². The summed E-state index contributed by atoms with van der Waals surface area (Å²) in [5.41, 5.74) is 3.93. The van der Waals surface area contributed by atoms with Crippen LogP contribution in [-0.4, -0.2) is 7.11 Å². The number of ether oxygens (including phenoxy) is 1. The minimum atomic E-state index is 0.894. The summed E-state index contributed by atoms with van der Waals surface area (Å²) in [7, 11) is 1.69. The van der Waals surface area contributed by atoms with Gasteiger partial charge in [-0.1, -0.05) is 0 Å². The average molecular weight is 228 g/mol. The molecular weight excluding hydrogens is 210 g/mol. The molecule has 0 atom stereocenters. The highest BCUT2D eigenvalue weighted by molar-refractivity contribution is 5.26. The third-order valence-corrected chi connectivity index (χ3v) is 3.02. The number of benzene rings is 1. The lowest BCUT2D eigenvalue weighted by Gasteiger charge is -2.02. The number of rotatable bonds is 3. The van der Waals surface area contributed by atoms with Crippen LogP contribution in [-0.2, 0) is 6.54 Å². The number of pyridine rings is 1. The first-order valence-electron chi connectivity index (χ1n) is 5.78. The Morgan fingerprint density at radius 3 is 2.29 bits per heavy atom. The summed E-state index contributed by atoms with van der Waals surface area (Å²) < 4.78 is 7.35. The van der Waals surface area contributed by atoms with Crippen molar-refractivity contribution >= 4 is 0 Å². The van der Waals surface area contributed by atoms with E-state index in [9.17, 15) is 0 Å². The van der Waals surface area contributed by atoms with Crippen LogP contribution in [0.3, 0.4) is 0 Å². The van der Waals surface area contributed by atoms with Crippen molar-refractivity contribution < 1.29 is 9.30 Å². The highest BCUT2D eigenvalue weighted by atomic mass is 16.5. The molecule has 2 nitrogen and oxygen atoms in total. The van der Waals surface area contributed by atoms with Crippen molar-refractivity contribution in [2.24, 2.45) is 0 Å². The van der Waals surface area contributed by atoms with E-state index in [0.29, 0.717) is 0 Å². The molecule has 0 saturated heterocycles. The topological polar surface area (TPSA) is 13.1 Å². The predicted molar refractivity (Wildman–Crippen MR) is 68.2 cm³/mol. The molecule has 0 N–H and O–H groups in total. The van der Waals surface area contributed by atoms with E-state index in [1.807, 2.05) is 12.1 Å². The Bertz CT molecular complexity index is 503. The zero-order valence-electron chi connectivity index (χ0n) is 10.6.